The fourth-order valence-corrected chi connectivity index (χ4v) is 2.98. The van der Waals surface area contributed by atoms with E-state index in [9.17, 15) is 9.59 Å². The number of benzene rings is 2. The van der Waals surface area contributed by atoms with Crippen LogP contribution in [0.2, 0.25) is 5.02 Å². The molecule has 2 aromatic rings. The molecule has 0 saturated heterocycles. The lowest BCUT2D eigenvalue weighted by atomic mass is 10.1. The van der Waals surface area contributed by atoms with E-state index in [0.29, 0.717) is 23.1 Å². The average Bonchev–Trinajstić information content (AvgIpc) is 2.77. The van der Waals surface area contributed by atoms with Gasteiger partial charge in [-0.2, -0.15) is 0 Å². The Hall–Kier alpha value is -3.03. The van der Waals surface area contributed by atoms with Crippen LogP contribution in [0.1, 0.15) is 5.56 Å². The number of nitrogens with zero attached hydrogens (tertiary/aromatic N) is 1. The summed E-state index contributed by atoms with van der Waals surface area (Å²) in [6.45, 7) is 0.366. The first-order chi connectivity index (χ1) is 14.0. The van der Waals surface area contributed by atoms with Crippen molar-refractivity contribution in [1.82, 2.24) is 0 Å². The molecule has 7 nitrogen and oxygen atoms in total. The first-order valence-electron chi connectivity index (χ1n) is 8.76. The van der Waals surface area contributed by atoms with Gasteiger partial charge in [0.2, 0.25) is 0 Å². The normalized spacial score (nSPS) is 13.8. The molecule has 29 heavy (non-hydrogen) atoms. The third kappa shape index (κ3) is 4.88. The molecule has 1 aliphatic rings. The van der Waals surface area contributed by atoms with E-state index < -0.39 is 11.9 Å². The van der Waals surface area contributed by atoms with E-state index in [2.05, 4.69) is 0 Å². The van der Waals surface area contributed by atoms with Crippen LogP contribution in [0, 0.1) is 0 Å². The average molecular weight is 418 g/mol. The first-order valence-corrected chi connectivity index (χ1v) is 9.13. The molecule has 2 aromatic carbocycles. The van der Waals surface area contributed by atoms with Crippen molar-refractivity contribution < 1.29 is 28.5 Å². The molecule has 3 rings (SSSR count). The predicted molar refractivity (Wildman–Crippen MR) is 107 cm³/mol. The topological polar surface area (TPSA) is 74.3 Å². The molecule has 0 aromatic heterocycles. The summed E-state index contributed by atoms with van der Waals surface area (Å²) in [5.74, 6) is -0.599. The number of ether oxygens (including phenoxy) is 4. The Balaban J connectivity index is 1.86. The standard InChI is InChI=1S/C21H20ClNO6/c1-26-20(24)18-12-28-13-23(19(18)21(25)27-2)16-5-3-4-14(10-16)11-29-17-8-6-15(22)7-9-17/h3-10H,11-13H2,1-2H3. The summed E-state index contributed by atoms with van der Waals surface area (Å²) in [5.41, 5.74) is 1.73. The van der Waals surface area contributed by atoms with Crippen molar-refractivity contribution in [3.05, 3.63) is 70.4 Å². The highest BCUT2D eigenvalue weighted by molar-refractivity contribution is 6.30. The van der Waals surface area contributed by atoms with Gasteiger partial charge in [0.1, 0.15) is 24.8 Å². The lowest BCUT2D eigenvalue weighted by Crippen LogP contribution is -2.38. The van der Waals surface area contributed by atoms with E-state index in [1.165, 1.54) is 14.2 Å². The smallest absolute Gasteiger partial charge is 0.355 e. The van der Waals surface area contributed by atoms with Gasteiger partial charge in [0.25, 0.3) is 0 Å². The minimum Gasteiger partial charge on any atom is -0.489 e. The molecular formula is C21H20ClNO6. The number of hydrogen-bond acceptors (Lipinski definition) is 7. The molecule has 8 heteroatoms. The summed E-state index contributed by atoms with van der Waals surface area (Å²) in [6.07, 6.45) is 0. The SMILES string of the molecule is COC(=O)C1=C(C(=O)OC)N(c2cccc(COc3ccc(Cl)cc3)c2)COC1. The highest BCUT2D eigenvalue weighted by Crippen LogP contribution is 2.28. The molecule has 0 bridgehead atoms. The summed E-state index contributed by atoms with van der Waals surface area (Å²) in [6, 6.07) is 14.4. The van der Waals surface area contributed by atoms with Crippen molar-refractivity contribution in [3.8, 4) is 5.75 Å². The van der Waals surface area contributed by atoms with Gasteiger partial charge in [0, 0.05) is 10.7 Å². The van der Waals surface area contributed by atoms with E-state index in [1.807, 2.05) is 18.2 Å². The van der Waals surface area contributed by atoms with Gasteiger partial charge in [-0.25, -0.2) is 9.59 Å². The van der Waals surface area contributed by atoms with Gasteiger partial charge < -0.3 is 23.8 Å². The Morgan fingerprint density at radius 3 is 2.48 bits per heavy atom. The van der Waals surface area contributed by atoms with Crippen LogP contribution in [0.25, 0.3) is 0 Å². The van der Waals surface area contributed by atoms with Crippen molar-refractivity contribution in [3.63, 3.8) is 0 Å². The van der Waals surface area contributed by atoms with Crippen LogP contribution in [0.5, 0.6) is 5.75 Å². The molecule has 0 N–H and O–H groups in total. The molecule has 0 radical (unpaired) electrons. The monoisotopic (exact) mass is 417 g/mol. The first kappa shape index (κ1) is 20.7. The predicted octanol–water partition coefficient (Wildman–Crippen LogP) is 3.31. The largest absolute Gasteiger partial charge is 0.489 e. The van der Waals surface area contributed by atoms with Crippen LogP contribution in [0.3, 0.4) is 0 Å². The molecule has 152 valence electrons. The molecule has 0 aliphatic carbocycles. The van der Waals surface area contributed by atoms with Gasteiger partial charge in [0.05, 0.1) is 26.4 Å². The zero-order valence-electron chi connectivity index (χ0n) is 16.0. The molecule has 0 saturated carbocycles. The number of carbonyl (C=O) groups excluding carboxylic acids is 2. The van der Waals surface area contributed by atoms with Crippen molar-refractivity contribution in [2.75, 3.05) is 32.5 Å². The second-order valence-electron chi connectivity index (χ2n) is 6.13. The van der Waals surface area contributed by atoms with E-state index in [-0.39, 0.29) is 24.6 Å². The number of hydrogen-bond donors (Lipinski definition) is 0. The van der Waals surface area contributed by atoms with Gasteiger partial charge in [0.15, 0.2) is 0 Å². The quantitative estimate of drug-likeness (QED) is 0.667. The molecule has 0 unspecified atom stereocenters. The van der Waals surface area contributed by atoms with Crippen LogP contribution >= 0.6 is 11.6 Å². The van der Waals surface area contributed by atoms with Crippen molar-refractivity contribution in [1.29, 1.82) is 0 Å². The maximum atomic E-state index is 12.4. The summed E-state index contributed by atoms with van der Waals surface area (Å²) in [4.78, 5) is 26.1. The summed E-state index contributed by atoms with van der Waals surface area (Å²) in [7, 11) is 2.51. The van der Waals surface area contributed by atoms with Crippen molar-refractivity contribution in [2.45, 2.75) is 6.61 Å². The Morgan fingerprint density at radius 1 is 1.07 bits per heavy atom. The van der Waals surface area contributed by atoms with Crippen LogP contribution in [0.4, 0.5) is 5.69 Å². The third-order valence-corrected chi connectivity index (χ3v) is 4.53. The summed E-state index contributed by atoms with van der Waals surface area (Å²) < 4.78 is 20.9. The number of carbonyl (C=O) groups is 2. The number of rotatable bonds is 6. The van der Waals surface area contributed by atoms with Gasteiger partial charge in [-0.3, -0.25) is 0 Å². The molecule has 0 fully saturated rings. The molecule has 0 spiro atoms. The van der Waals surface area contributed by atoms with E-state index in [1.54, 1.807) is 35.2 Å². The van der Waals surface area contributed by atoms with Crippen LogP contribution in [-0.2, 0) is 30.4 Å². The molecule has 1 aliphatic heterocycles. The van der Waals surface area contributed by atoms with Gasteiger partial charge in [-0.1, -0.05) is 23.7 Å². The van der Waals surface area contributed by atoms with Crippen LogP contribution < -0.4 is 9.64 Å². The van der Waals surface area contributed by atoms with E-state index >= 15 is 0 Å². The summed E-state index contributed by atoms with van der Waals surface area (Å²) >= 11 is 5.88. The Labute approximate surface area is 173 Å². The Bertz CT molecular complexity index is 925. The lowest BCUT2D eigenvalue weighted by Gasteiger charge is -2.31. The number of methoxy groups -OCH3 is 2. The minimum absolute atomic E-state index is 0.0347. The summed E-state index contributed by atoms with van der Waals surface area (Å²) in [5, 5.41) is 0.632. The number of halogens is 1. The Kier molecular flexibility index (Phi) is 6.74. The van der Waals surface area contributed by atoms with Crippen LogP contribution in [-0.4, -0.2) is 39.5 Å². The zero-order chi connectivity index (χ0) is 20.8. The number of anilines is 1. The van der Waals surface area contributed by atoms with Gasteiger partial charge in [-0.15, -0.1) is 0 Å². The molecule has 0 amide bonds. The minimum atomic E-state index is -0.642. The van der Waals surface area contributed by atoms with Crippen molar-refractivity contribution >= 4 is 29.2 Å². The highest BCUT2D eigenvalue weighted by atomic mass is 35.5. The maximum Gasteiger partial charge on any atom is 0.355 e. The fraction of sp³-hybridized carbons (Fsp3) is 0.238. The second-order valence-corrected chi connectivity index (χ2v) is 6.56. The lowest BCUT2D eigenvalue weighted by molar-refractivity contribution is -0.140. The maximum absolute atomic E-state index is 12.4. The van der Waals surface area contributed by atoms with Crippen LogP contribution in [0.15, 0.2) is 59.8 Å². The molecule has 1 heterocycles. The molecule has 0 atom stereocenters. The van der Waals surface area contributed by atoms with E-state index in [0.717, 1.165) is 5.56 Å². The van der Waals surface area contributed by atoms with E-state index in [4.69, 9.17) is 30.5 Å². The zero-order valence-corrected chi connectivity index (χ0v) is 16.8. The third-order valence-electron chi connectivity index (χ3n) is 4.27. The van der Waals surface area contributed by atoms with Gasteiger partial charge >= 0.3 is 11.9 Å². The number of esters is 2. The Morgan fingerprint density at radius 2 is 1.79 bits per heavy atom. The fourth-order valence-electron chi connectivity index (χ4n) is 2.86. The second kappa shape index (κ2) is 9.45. The van der Waals surface area contributed by atoms with Crippen molar-refractivity contribution in [2.24, 2.45) is 0 Å². The highest BCUT2D eigenvalue weighted by Gasteiger charge is 2.32. The molecular weight excluding hydrogens is 398 g/mol. The van der Waals surface area contributed by atoms with Gasteiger partial charge in [-0.05, 0) is 42.0 Å².